The van der Waals surface area contributed by atoms with Gasteiger partial charge in [-0.05, 0) is 74.7 Å². The van der Waals surface area contributed by atoms with E-state index in [1.54, 1.807) is 16.9 Å². The summed E-state index contributed by atoms with van der Waals surface area (Å²) in [7, 11) is 3.72. The molecule has 3 heterocycles. The van der Waals surface area contributed by atoms with Crippen LogP contribution in [0.5, 0.6) is 5.75 Å². The van der Waals surface area contributed by atoms with E-state index in [1.807, 2.05) is 55.9 Å². The Balaban J connectivity index is 1.36. The normalized spacial score (nSPS) is 14.7. The number of aliphatic hydroxyl groups is 1. The predicted molar refractivity (Wildman–Crippen MR) is 146 cm³/mol. The number of hydrogen-bond donors (Lipinski definition) is 2. The van der Waals surface area contributed by atoms with E-state index in [4.69, 9.17) is 4.74 Å². The van der Waals surface area contributed by atoms with Crippen LogP contribution < -0.4 is 10.1 Å². The molecule has 0 radical (unpaired) electrons. The highest BCUT2D eigenvalue weighted by Crippen LogP contribution is 2.43. The van der Waals surface area contributed by atoms with Crippen LogP contribution in [0.2, 0.25) is 0 Å². The monoisotopic (exact) mass is 531 g/mol. The van der Waals surface area contributed by atoms with E-state index >= 15 is 4.39 Å². The number of imidazole rings is 1. The molecule has 0 aliphatic heterocycles. The summed E-state index contributed by atoms with van der Waals surface area (Å²) in [5.41, 5.74) is 5.60. The molecule has 202 valence electrons. The minimum atomic E-state index is -1.02. The largest absolute Gasteiger partial charge is 0.489 e. The molecule has 1 aliphatic carbocycles. The smallest absolute Gasteiger partial charge is 0.201 e. The fraction of sp³-hybridized carbons (Fsp3) is 0.333. The maximum atomic E-state index is 15.2. The first-order valence-corrected chi connectivity index (χ1v) is 13.2. The van der Waals surface area contributed by atoms with Gasteiger partial charge < -0.3 is 15.2 Å². The molecule has 5 aromatic rings. The quantitative estimate of drug-likeness (QED) is 0.288. The molecule has 0 spiro atoms. The molecule has 9 heteroatoms. The summed E-state index contributed by atoms with van der Waals surface area (Å²) < 4.78 is 39.3. The maximum absolute atomic E-state index is 15.2. The van der Waals surface area contributed by atoms with Crippen molar-refractivity contribution in [3.05, 3.63) is 82.9 Å². The number of ether oxygens (including phenoxy) is 1. The fourth-order valence-corrected chi connectivity index (χ4v) is 5.60. The van der Waals surface area contributed by atoms with Crippen molar-refractivity contribution in [3.63, 3.8) is 0 Å². The summed E-state index contributed by atoms with van der Waals surface area (Å²) in [6.07, 6.45) is 6.36. The van der Waals surface area contributed by atoms with Crippen molar-refractivity contribution in [2.75, 3.05) is 13.7 Å². The number of pyridine rings is 1. The number of aryl methyl sites for hydroxylation is 1. The van der Waals surface area contributed by atoms with Gasteiger partial charge in [-0.1, -0.05) is 6.07 Å². The summed E-state index contributed by atoms with van der Waals surface area (Å²) >= 11 is 0. The van der Waals surface area contributed by atoms with Gasteiger partial charge in [0, 0.05) is 54.6 Å². The number of nitrogens with zero attached hydrogens (tertiary/aromatic N) is 4. The molecule has 1 fully saturated rings. The minimum absolute atomic E-state index is 0.108. The van der Waals surface area contributed by atoms with E-state index in [0.717, 1.165) is 51.4 Å². The lowest BCUT2D eigenvalue weighted by Gasteiger charge is -2.35. The number of hydrogen-bond acceptors (Lipinski definition) is 5. The van der Waals surface area contributed by atoms with Crippen LogP contribution in [0, 0.1) is 18.6 Å². The zero-order valence-electron chi connectivity index (χ0n) is 22.3. The van der Waals surface area contributed by atoms with E-state index in [-0.39, 0.29) is 12.4 Å². The Morgan fingerprint density at radius 1 is 1.15 bits per heavy atom. The lowest BCUT2D eigenvalue weighted by molar-refractivity contribution is -0.0437. The third-order valence-corrected chi connectivity index (χ3v) is 7.98. The van der Waals surface area contributed by atoms with E-state index < -0.39 is 17.2 Å². The first kappa shape index (κ1) is 25.5. The summed E-state index contributed by atoms with van der Waals surface area (Å²) in [5, 5.41) is 19.7. The second-order valence-corrected chi connectivity index (χ2v) is 10.3. The van der Waals surface area contributed by atoms with Gasteiger partial charge in [-0.3, -0.25) is 9.08 Å². The van der Waals surface area contributed by atoms with Crippen molar-refractivity contribution >= 4 is 16.6 Å². The maximum Gasteiger partial charge on any atom is 0.201 e. The van der Waals surface area contributed by atoms with Crippen LogP contribution in [0.15, 0.2) is 48.8 Å². The standard InChI is InChI=1S/C30H31F2N5O2/c1-18-21(29(35-36(18)3)30(38)10-4-11-30)9-14-39-28-22(6-7-24(31)27(28)32)19-5-8-25-23(15-19)20(17-33-2)16-26-34-12-13-37(25)26/h5-8,12-13,15-16,33,38H,4,9-11,14,17H2,1-3H3. The summed E-state index contributed by atoms with van der Waals surface area (Å²) in [6.45, 7) is 2.68. The van der Waals surface area contributed by atoms with Gasteiger partial charge in [0.2, 0.25) is 5.82 Å². The van der Waals surface area contributed by atoms with Gasteiger partial charge in [0.1, 0.15) is 11.2 Å². The molecule has 39 heavy (non-hydrogen) atoms. The molecule has 6 rings (SSSR count). The molecule has 0 saturated heterocycles. The van der Waals surface area contributed by atoms with Crippen LogP contribution in [-0.4, -0.2) is 37.9 Å². The number of rotatable bonds is 8. The van der Waals surface area contributed by atoms with Gasteiger partial charge in [0.25, 0.3) is 0 Å². The van der Waals surface area contributed by atoms with Crippen LogP contribution in [0.3, 0.4) is 0 Å². The minimum Gasteiger partial charge on any atom is -0.489 e. The fourth-order valence-electron chi connectivity index (χ4n) is 5.60. The zero-order chi connectivity index (χ0) is 27.3. The third kappa shape index (κ3) is 4.26. The highest BCUT2D eigenvalue weighted by atomic mass is 19.2. The van der Waals surface area contributed by atoms with Crippen LogP contribution >= 0.6 is 0 Å². The molecule has 2 N–H and O–H groups in total. The molecule has 1 saturated carbocycles. The highest BCUT2D eigenvalue weighted by molar-refractivity contribution is 5.90. The van der Waals surface area contributed by atoms with Gasteiger partial charge in [-0.25, -0.2) is 9.37 Å². The Labute approximate surface area is 225 Å². The summed E-state index contributed by atoms with van der Waals surface area (Å²) in [6, 6.07) is 10.5. The number of fused-ring (bicyclic) bond motifs is 3. The predicted octanol–water partition coefficient (Wildman–Crippen LogP) is 5.19. The Morgan fingerprint density at radius 2 is 1.97 bits per heavy atom. The average molecular weight is 532 g/mol. The molecular weight excluding hydrogens is 500 g/mol. The number of nitrogens with one attached hydrogen (secondary N) is 1. The first-order chi connectivity index (χ1) is 18.8. The van der Waals surface area contributed by atoms with Crippen LogP contribution in [0.1, 0.15) is 41.8 Å². The lowest BCUT2D eigenvalue weighted by atomic mass is 9.76. The molecule has 7 nitrogen and oxygen atoms in total. The Hall–Kier alpha value is -3.82. The first-order valence-electron chi connectivity index (χ1n) is 13.2. The van der Waals surface area contributed by atoms with Gasteiger partial charge >= 0.3 is 0 Å². The number of aromatic nitrogens is 4. The molecule has 0 atom stereocenters. The Morgan fingerprint density at radius 3 is 2.72 bits per heavy atom. The van der Waals surface area contributed by atoms with E-state index in [1.165, 1.54) is 0 Å². The second-order valence-electron chi connectivity index (χ2n) is 10.3. The van der Waals surface area contributed by atoms with Crippen LogP contribution in [-0.2, 0) is 25.6 Å². The Kier molecular flexibility index (Phi) is 6.35. The van der Waals surface area contributed by atoms with E-state index in [2.05, 4.69) is 15.4 Å². The number of benzene rings is 2. The summed E-state index contributed by atoms with van der Waals surface area (Å²) in [5.74, 6) is -2.11. The van der Waals surface area contributed by atoms with Gasteiger partial charge in [-0.15, -0.1) is 0 Å². The van der Waals surface area contributed by atoms with Crippen molar-refractivity contribution in [1.29, 1.82) is 0 Å². The molecule has 0 amide bonds. The second kappa shape index (κ2) is 9.73. The van der Waals surface area contributed by atoms with Crippen LogP contribution in [0.25, 0.3) is 27.7 Å². The van der Waals surface area contributed by atoms with Crippen molar-refractivity contribution in [2.45, 2.75) is 44.8 Å². The highest BCUT2D eigenvalue weighted by Gasteiger charge is 2.41. The summed E-state index contributed by atoms with van der Waals surface area (Å²) in [4.78, 5) is 4.43. The molecule has 3 aromatic heterocycles. The Bertz CT molecular complexity index is 1700. The average Bonchev–Trinajstić information content (AvgIpc) is 3.50. The molecule has 2 aromatic carbocycles. The van der Waals surface area contributed by atoms with Crippen molar-refractivity contribution in [2.24, 2.45) is 7.05 Å². The van der Waals surface area contributed by atoms with E-state index in [9.17, 15) is 9.50 Å². The molecule has 1 aliphatic rings. The SMILES string of the molecule is CNCc1cc2nccn2c2ccc(-c3ccc(F)c(F)c3OCCc3c(C4(O)CCC4)nn(C)c3C)cc12. The van der Waals surface area contributed by atoms with E-state index in [0.29, 0.717) is 37.1 Å². The van der Waals surface area contributed by atoms with Gasteiger partial charge in [0.15, 0.2) is 11.6 Å². The topological polar surface area (TPSA) is 76.6 Å². The third-order valence-electron chi connectivity index (χ3n) is 7.98. The van der Waals surface area contributed by atoms with Gasteiger partial charge in [-0.2, -0.15) is 9.49 Å². The zero-order valence-corrected chi connectivity index (χ0v) is 22.3. The van der Waals surface area contributed by atoms with Crippen molar-refractivity contribution < 1.29 is 18.6 Å². The van der Waals surface area contributed by atoms with Crippen molar-refractivity contribution in [1.82, 2.24) is 24.5 Å². The molecule has 0 unspecified atom stereocenters. The molecular formula is C30H31F2N5O2. The molecule has 0 bridgehead atoms. The number of halogens is 2. The van der Waals surface area contributed by atoms with Gasteiger partial charge in [0.05, 0.1) is 17.8 Å². The van der Waals surface area contributed by atoms with Crippen molar-refractivity contribution in [3.8, 4) is 16.9 Å². The lowest BCUT2D eigenvalue weighted by Crippen LogP contribution is -2.35. The van der Waals surface area contributed by atoms with Crippen LogP contribution in [0.4, 0.5) is 8.78 Å².